The first-order chi connectivity index (χ1) is 8.97. The summed E-state index contributed by atoms with van der Waals surface area (Å²) in [4.78, 5) is 10.7. The van der Waals surface area contributed by atoms with E-state index in [9.17, 15) is 9.18 Å². The molecular formula is C13H10BrFO4. The molecule has 1 aromatic carbocycles. The van der Waals surface area contributed by atoms with Gasteiger partial charge in [-0.15, -0.1) is 0 Å². The number of carboxylic acid groups (broad SMARTS) is 1. The van der Waals surface area contributed by atoms with Crippen LogP contribution >= 0.6 is 15.9 Å². The van der Waals surface area contributed by atoms with Gasteiger partial charge < -0.3 is 14.3 Å². The van der Waals surface area contributed by atoms with Crippen LogP contribution in [0.25, 0.3) is 0 Å². The van der Waals surface area contributed by atoms with Gasteiger partial charge in [-0.25, -0.2) is 9.18 Å². The van der Waals surface area contributed by atoms with Crippen molar-refractivity contribution in [2.45, 2.75) is 13.0 Å². The first-order valence-corrected chi connectivity index (χ1v) is 6.21. The average molecular weight is 329 g/mol. The van der Waals surface area contributed by atoms with E-state index in [-0.39, 0.29) is 5.76 Å². The number of hydrogen-bond acceptors (Lipinski definition) is 3. The average Bonchev–Trinajstić information content (AvgIpc) is 2.83. The molecule has 0 aliphatic carbocycles. The third-order valence-electron chi connectivity index (χ3n) is 2.44. The second-order valence-electron chi connectivity index (χ2n) is 3.84. The van der Waals surface area contributed by atoms with Crippen LogP contribution in [-0.2, 0) is 0 Å². The first kappa shape index (κ1) is 13.6. The Bertz CT molecular complexity index is 608. The van der Waals surface area contributed by atoms with Crippen molar-refractivity contribution in [3.8, 4) is 5.75 Å². The van der Waals surface area contributed by atoms with E-state index in [1.807, 2.05) is 0 Å². The third-order valence-corrected chi connectivity index (χ3v) is 3.09. The zero-order valence-corrected chi connectivity index (χ0v) is 11.5. The monoisotopic (exact) mass is 328 g/mol. The molecule has 1 atom stereocenters. The van der Waals surface area contributed by atoms with Gasteiger partial charge >= 0.3 is 5.97 Å². The number of carbonyl (C=O) groups is 1. The molecule has 100 valence electrons. The fourth-order valence-electron chi connectivity index (χ4n) is 1.50. The van der Waals surface area contributed by atoms with E-state index in [1.165, 1.54) is 24.3 Å². The number of hydrogen-bond donors (Lipinski definition) is 1. The summed E-state index contributed by atoms with van der Waals surface area (Å²) < 4.78 is 24.2. The van der Waals surface area contributed by atoms with Crippen LogP contribution in [0.1, 0.15) is 29.3 Å². The molecule has 1 unspecified atom stereocenters. The molecule has 4 nitrogen and oxygen atoms in total. The summed E-state index contributed by atoms with van der Waals surface area (Å²) in [5.74, 6) is -1.04. The van der Waals surface area contributed by atoms with E-state index in [1.54, 1.807) is 13.0 Å². The number of rotatable bonds is 4. The predicted molar refractivity (Wildman–Crippen MR) is 68.8 cm³/mol. The van der Waals surface area contributed by atoms with Crippen LogP contribution in [0.3, 0.4) is 0 Å². The van der Waals surface area contributed by atoms with E-state index in [0.717, 1.165) is 0 Å². The standard InChI is InChI=1S/C13H10BrFO4/c1-7(11-4-5-12(19-11)13(16)17)18-8-2-3-9(14)10(15)6-8/h2-7H,1H3,(H,16,17). The maximum atomic E-state index is 13.3. The number of furan rings is 1. The summed E-state index contributed by atoms with van der Waals surface area (Å²) in [5.41, 5.74) is 0. The highest BCUT2D eigenvalue weighted by atomic mass is 79.9. The molecule has 1 N–H and O–H groups in total. The van der Waals surface area contributed by atoms with Gasteiger partial charge in [0.1, 0.15) is 17.3 Å². The molecule has 6 heteroatoms. The first-order valence-electron chi connectivity index (χ1n) is 5.42. The van der Waals surface area contributed by atoms with Crippen molar-refractivity contribution < 1.29 is 23.4 Å². The van der Waals surface area contributed by atoms with Gasteiger partial charge in [0.15, 0.2) is 6.10 Å². The molecule has 0 saturated heterocycles. The third kappa shape index (κ3) is 3.14. The van der Waals surface area contributed by atoms with Gasteiger partial charge in [-0.05, 0) is 47.1 Å². The minimum Gasteiger partial charge on any atom is -0.483 e. The fourth-order valence-corrected chi connectivity index (χ4v) is 1.75. The Labute approximate surface area is 116 Å². The molecule has 0 radical (unpaired) electrons. The number of aromatic carboxylic acids is 1. The SMILES string of the molecule is CC(Oc1ccc(Br)c(F)c1)c1ccc(C(=O)O)o1. The second-order valence-corrected chi connectivity index (χ2v) is 4.70. The Kier molecular flexibility index (Phi) is 3.90. The molecule has 2 aromatic rings. The number of halogens is 2. The number of carboxylic acids is 1. The minimum atomic E-state index is -1.15. The van der Waals surface area contributed by atoms with E-state index in [0.29, 0.717) is 16.0 Å². The van der Waals surface area contributed by atoms with Gasteiger partial charge in [0.05, 0.1) is 4.47 Å². The van der Waals surface area contributed by atoms with Gasteiger partial charge in [0.25, 0.3) is 0 Å². The number of ether oxygens (including phenoxy) is 1. The zero-order chi connectivity index (χ0) is 14.0. The molecule has 0 fully saturated rings. The van der Waals surface area contributed by atoms with Crippen molar-refractivity contribution in [2.75, 3.05) is 0 Å². The molecule has 0 aliphatic heterocycles. The summed E-state index contributed by atoms with van der Waals surface area (Å²) in [6.07, 6.45) is -0.520. The van der Waals surface area contributed by atoms with Crippen molar-refractivity contribution in [1.82, 2.24) is 0 Å². The lowest BCUT2D eigenvalue weighted by Crippen LogP contribution is -2.02. The van der Waals surface area contributed by atoms with Gasteiger partial charge in [-0.1, -0.05) is 0 Å². The molecule has 19 heavy (non-hydrogen) atoms. The van der Waals surface area contributed by atoms with Gasteiger partial charge in [-0.2, -0.15) is 0 Å². The van der Waals surface area contributed by atoms with E-state index >= 15 is 0 Å². The smallest absolute Gasteiger partial charge is 0.371 e. The summed E-state index contributed by atoms with van der Waals surface area (Å²) in [6, 6.07) is 7.23. The lowest BCUT2D eigenvalue weighted by atomic mass is 10.3. The van der Waals surface area contributed by atoms with Crippen LogP contribution in [0, 0.1) is 5.82 Å². The summed E-state index contributed by atoms with van der Waals surface area (Å²) in [5, 5.41) is 8.75. The molecule has 0 spiro atoms. The minimum absolute atomic E-state index is 0.160. The van der Waals surface area contributed by atoms with Crippen molar-refractivity contribution in [3.05, 3.63) is 52.1 Å². The van der Waals surface area contributed by atoms with Crippen LogP contribution in [0.5, 0.6) is 5.75 Å². The molecule has 0 amide bonds. The van der Waals surface area contributed by atoms with Gasteiger partial charge in [-0.3, -0.25) is 0 Å². The van der Waals surface area contributed by atoms with Gasteiger partial charge in [0.2, 0.25) is 5.76 Å². The van der Waals surface area contributed by atoms with Gasteiger partial charge in [0, 0.05) is 6.07 Å². The summed E-state index contributed by atoms with van der Waals surface area (Å²) in [7, 11) is 0. The quantitative estimate of drug-likeness (QED) is 0.920. The van der Waals surface area contributed by atoms with Crippen LogP contribution in [0.15, 0.2) is 39.2 Å². The lowest BCUT2D eigenvalue weighted by molar-refractivity contribution is 0.0655. The largest absolute Gasteiger partial charge is 0.483 e. The van der Waals surface area contributed by atoms with Crippen LogP contribution < -0.4 is 4.74 Å². The molecular weight excluding hydrogens is 319 g/mol. The molecule has 1 aromatic heterocycles. The fraction of sp³-hybridized carbons (Fsp3) is 0.154. The highest BCUT2D eigenvalue weighted by molar-refractivity contribution is 9.10. The maximum absolute atomic E-state index is 13.3. The Morgan fingerprint density at radius 2 is 2.16 bits per heavy atom. The van der Waals surface area contributed by atoms with Crippen molar-refractivity contribution in [1.29, 1.82) is 0 Å². The maximum Gasteiger partial charge on any atom is 0.371 e. The highest BCUT2D eigenvalue weighted by Gasteiger charge is 2.16. The summed E-state index contributed by atoms with van der Waals surface area (Å²) in [6.45, 7) is 1.68. The number of benzene rings is 1. The lowest BCUT2D eigenvalue weighted by Gasteiger charge is -2.12. The Hall–Kier alpha value is -1.82. The van der Waals surface area contributed by atoms with Crippen molar-refractivity contribution in [3.63, 3.8) is 0 Å². The van der Waals surface area contributed by atoms with Crippen LogP contribution in [0.2, 0.25) is 0 Å². The Morgan fingerprint density at radius 1 is 1.42 bits per heavy atom. The van der Waals surface area contributed by atoms with E-state index in [2.05, 4.69) is 15.9 Å². The predicted octanol–water partition coefficient (Wildman–Crippen LogP) is 4.02. The highest BCUT2D eigenvalue weighted by Crippen LogP contribution is 2.26. The Balaban J connectivity index is 2.13. The topological polar surface area (TPSA) is 59.7 Å². The van der Waals surface area contributed by atoms with E-state index < -0.39 is 17.9 Å². The van der Waals surface area contributed by atoms with Crippen LogP contribution in [0.4, 0.5) is 4.39 Å². The summed E-state index contributed by atoms with van der Waals surface area (Å²) >= 11 is 3.05. The zero-order valence-electron chi connectivity index (χ0n) is 9.89. The Morgan fingerprint density at radius 3 is 2.74 bits per heavy atom. The normalized spacial score (nSPS) is 12.2. The van der Waals surface area contributed by atoms with Crippen molar-refractivity contribution in [2.24, 2.45) is 0 Å². The van der Waals surface area contributed by atoms with Crippen molar-refractivity contribution >= 4 is 21.9 Å². The van der Waals surface area contributed by atoms with E-state index in [4.69, 9.17) is 14.3 Å². The molecule has 0 saturated carbocycles. The van der Waals surface area contributed by atoms with Crippen LogP contribution in [-0.4, -0.2) is 11.1 Å². The molecule has 0 aliphatic rings. The molecule has 2 rings (SSSR count). The second kappa shape index (κ2) is 5.44. The molecule has 1 heterocycles. The molecule has 0 bridgehead atoms.